The predicted octanol–water partition coefficient (Wildman–Crippen LogP) is 1.39. The van der Waals surface area contributed by atoms with Crippen LogP contribution in [-0.4, -0.2) is 19.8 Å². The van der Waals surface area contributed by atoms with E-state index in [1.54, 1.807) is 12.1 Å². The summed E-state index contributed by atoms with van der Waals surface area (Å²) in [6, 6.07) is 3.35. The molecule has 0 aliphatic heterocycles. The van der Waals surface area contributed by atoms with Crippen molar-refractivity contribution >= 4 is 55.1 Å². The third kappa shape index (κ3) is 2.07. The minimum absolute atomic E-state index is 0.166. The van der Waals surface area contributed by atoms with Crippen LogP contribution in [0.25, 0.3) is 11.0 Å². The number of sulfonamides is 1. The summed E-state index contributed by atoms with van der Waals surface area (Å²) < 4.78 is 30.5. The molecular formula is C8H8IN3O3S. The van der Waals surface area contributed by atoms with Crippen molar-refractivity contribution in [3.05, 3.63) is 15.7 Å². The summed E-state index contributed by atoms with van der Waals surface area (Å²) in [5, 5.41) is 4.09. The van der Waals surface area contributed by atoms with Gasteiger partial charge in [-0.2, -0.15) is 0 Å². The van der Waals surface area contributed by atoms with Gasteiger partial charge in [0.1, 0.15) is 0 Å². The SMILES string of the molecule is CS(=O)(=O)Nc1ccc(I)c2onc(N)c12. The number of aromatic nitrogens is 1. The van der Waals surface area contributed by atoms with Gasteiger partial charge in [-0.3, -0.25) is 4.72 Å². The van der Waals surface area contributed by atoms with E-state index in [0.29, 0.717) is 16.7 Å². The van der Waals surface area contributed by atoms with E-state index in [1.165, 1.54) is 0 Å². The van der Waals surface area contributed by atoms with Crippen molar-refractivity contribution in [1.29, 1.82) is 0 Å². The van der Waals surface area contributed by atoms with Gasteiger partial charge >= 0.3 is 0 Å². The zero-order chi connectivity index (χ0) is 11.9. The van der Waals surface area contributed by atoms with Crippen LogP contribution in [0.4, 0.5) is 11.5 Å². The van der Waals surface area contributed by atoms with Crippen LogP contribution in [0, 0.1) is 3.57 Å². The maximum atomic E-state index is 11.2. The molecule has 3 N–H and O–H groups in total. The normalized spacial score (nSPS) is 11.9. The molecule has 0 spiro atoms. The molecular weight excluding hydrogens is 345 g/mol. The van der Waals surface area contributed by atoms with Gasteiger partial charge < -0.3 is 10.3 Å². The van der Waals surface area contributed by atoms with Gasteiger partial charge in [-0.1, -0.05) is 5.16 Å². The average Bonchev–Trinajstić information content (AvgIpc) is 2.52. The molecule has 0 saturated heterocycles. The summed E-state index contributed by atoms with van der Waals surface area (Å²) in [5.74, 6) is 0.166. The second-order valence-electron chi connectivity index (χ2n) is 3.24. The van der Waals surface area contributed by atoms with E-state index in [1.807, 2.05) is 0 Å². The second kappa shape index (κ2) is 3.77. The van der Waals surface area contributed by atoms with Gasteiger partial charge in [0.05, 0.1) is 20.9 Å². The number of nitrogens with two attached hydrogens (primary N) is 1. The van der Waals surface area contributed by atoms with Crippen molar-refractivity contribution in [3.63, 3.8) is 0 Å². The minimum Gasteiger partial charge on any atom is -0.380 e. The monoisotopic (exact) mass is 353 g/mol. The van der Waals surface area contributed by atoms with E-state index in [-0.39, 0.29) is 5.82 Å². The molecule has 1 heterocycles. The molecule has 0 unspecified atom stereocenters. The molecule has 0 aliphatic rings. The van der Waals surface area contributed by atoms with Gasteiger partial charge in [0.2, 0.25) is 10.0 Å². The Morgan fingerprint density at radius 3 is 2.81 bits per heavy atom. The molecule has 1 aromatic carbocycles. The lowest BCUT2D eigenvalue weighted by Gasteiger charge is -2.05. The Kier molecular flexibility index (Phi) is 2.70. The molecule has 86 valence electrons. The first kappa shape index (κ1) is 11.5. The number of anilines is 2. The van der Waals surface area contributed by atoms with Crippen LogP contribution in [0.5, 0.6) is 0 Å². The molecule has 0 aliphatic carbocycles. The van der Waals surface area contributed by atoms with E-state index in [4.69, 9.17) is 10.3 Å². The number of halogens is 1. The van der Waals surface area contributed by atoms with E-state index in [0.717, 1.165) is 9.83 Å². The van der Waals surface area contributed by atoms with Gasteiger partial charge in [-0.25, -0.2) is 8.42 Å². The van der Waals surface area contributed by atoms with Crippen LogP contribution in [0.15, 0.2) is 16.7 Å². The first-order valence-electron chi connectivity index (χ1n) is 4.19. The first-order chi connectivity index (χ1) is 7.38. The lowest BCUT2D eigenvalue weighted by Crippen LogP contribution is -2.10. The Morgan fingerprint density at radius 2 is 2.19 bits per heavy atom. The van der Waals surface area contributed by atoms with Crippen molar-refractivity contribution in [2.45, 2.75) is 0 Å². The summed E-state index contributed by atoms with van der Waals surface area (Å²) in [5.41, 5.74) is 6.47. The molecule has 0 radical (unpaired) electrons. The number of nitrogens with one attached hydrogen (secondary N) is 1. The highest BCUT2D eigenvalue weighted by Crippen LogP contribution is 2.32. The maximum Gasteiger partial charge on any atom is 0.229 e. The number of hydrogen-bond donors (Lipinski definition) is 2. The lowest BCUT2D eigenvalue weighted by molar-refractivity contribution is 0.459. The Balaban J connectivity index is 2.71. The smallest absolute Gasteiger partial charge is 0.229 e. The van der Waals surface area contributed by atoms with E-state index >= 15 is 0 Å². The summed E-state index contributed by atoms with van der Waals surface area (Å²) in [6.07, 6.45) is 1.07. The van der Waals surface area contributed by atoms with Gasteiger partial charge in [-0.15, -0.1) is 0 Å². The molecule has 6 nitrogen and oxygen atoms in total. The largest absolute Gasteiger partial charge is 0.380 e. The number of hydrogen-bond acceptors (Lipinski definition) is 5. The molecule has 2 aromatic rings. The zero-order valence-electron chi connectivity index (χ0n) is 8.19. The van der Waals surface area contributed by atoms with Crippen molar-refractivity contribution in [2.24, 2.45) is 0 Å². The molecule has 16 heavy (non-hydrogen) atoms. The highest BCUT2D eigenvalue weighted by Gasteiger charge is 2.15. The number of nitrogen functional groups attached to an aromatic ring is 1. The predicted molar refractivity (Wildman–Crippen MR) is 69.6 cm³/mol. The molecule has 0 amide bonds. The number of nitrogens with zero attached hydrogens (tertiary/aromatic N) is 1. The highest BCUT2D eigenvalue weighted by atomic mass is 127. The fourth-order valence-corrected chi connectivity index (χ4v) is 2.44. The average molecular weight is 353 g/mol. The number of benzene rings is 1. The molecule has 1 aromatic heterocycles. The quantitative estimate of drug-likeness (QED) is 0.795. The van der Waals surface area contributed by atoms with Gasteiger partial charge in [0.25, 0.3) is 0 Å². The Labute approximate surface area is 105 Å². The van der Waals surface area contributed by atoms with E-state index in [9.17, 15) is 8.42 Å². The topological polar surface area (TPSA) is 98.2 Å². The van der Waals surface area contributed by atoms with Crippen molar-refractivity contribution < 1.29 is 12.9 Å². The summed E-state index contributed by atoms with van der Waals surface area (Å²) in [4.78, 5) is 0. The lowest BCUT2D eigenvalue weighted by atomic mass is 10.2. The fraction of sp³-hybridized carbons (Fsp3) is 0.125. The minimum atomic E-state index is -3.35. The van der Waals surface area contributed by atoms with Crippen LogP contribution in [0.2, 0.25) is 0 Å². The standard InChI is InChI=1S/C8H8IN3O3S/c1-16(13,14)12-5-3-2-4(9)7-6(5)8(10)11-15-7/h2-3,12H,1H3,(H2,10,11). The third-order valence-electron chi connectivity index (χ3n) is 1.90. The number of rotatable bonds is 2. The second-order valence-corrected chi connectivity index (χ2v) is 6.15. The molecule has 2 rings (SSSR count). The Morgan fingerprint density at radius 1 is 1.50 bits per heavy atom. The molecule has 0 bridgehead atoms. The van der Waals surface area contributed by atoms with Gasteiger partial charge in [0, 0.05) is 0 Å². The Bertz CT molecular complexity index is 650. The molecule has 0 saturated carbocycles. The maximum absolute atomic E-state index is 11.2. The molecule has 0 atom stereocenters. The molecule has 8 heteroatoms. The van der Waals surface area contributed by atoms with Gasteiger partial charge in [-0.05, 0) is 34.7 Å². The summed E-state index contributed by atoms with van der Waals surface area (Å²) in [7, 11) is -3.35. The van der Waals surface area contributed by atoms with Crippen LogP contribution in [0.3, 0.4) is 0 Å². The van der Waals surface area contributed by atoms with Crippen LogP contribution in [0.1, 0.15) is 0 Å². The summed E-state index contributed by atoms with van der Waals surface area (Å²) >= 11 is 2.06. The molecule has 0 fully saturated rings. The van der Waals surface area contributed by atoms with E-state index < -0.39 is 10.0 Å². The van der Waals surface area contributed by atoms with Gasteiger partial charge in [0.15, 0.2) is 11.4 Å². The van der Waals surface area contributed by atoms with Crippen LogP contribution >= 0.6 is 22.6 Å². The fourth-order valence-electron chi connectivity index (χ4n) is 1.33. The van der Waals surface area contributed by atoms with Crippen LogP contribution < -0.4 is 10.5 Å². The highest BCUT2D eigenvalue weighted by molar-refractivity contribution is 14.1. The van der Waals surface area contributed by atoms with Crippen LogP contribution in [-0.2, 0) is 10.0 Å². The summed E-state index contributed by atoms with van der Waals surface area (Å²) in [6.45, 7) is 0. The number of fused-ring (bicyclic) bond motifs is 1. The zero-order valence-corrected chi connectivity index (χ0v) is 11.2. The Hall–Kier alpha value is -1.03. The first-order valence-corrected chi connectivity index (χ1v) is 7.16. The van der Waals surface area contributed by atoms with Crippen molar-refractivity contribution in [1.82, 2.24) is 5.16 Å². The van der Waals surface area contributed by atoms with E-state index in [2.05, 4.69) is 32.5 Å². The third-order valence-corrected chi connectivity index (χ3v) is 3.34. The van der Waals surface area contributed by atoms with Crippen molar-refractivity contribution in [2.75, 3.05) is 16.7 Å². The van der Waals surface area contributed by atoms with Crippen molar-refractivity contribution in [3.8, 4) is 0 Å².